The zero-order valence-corrected chi connectivity index (χ0v) is 24.9. The van der Waals surface area contributed by atoms with Crippen LogP contribution in [0.25, 0.3) is 22.4 Å². The molecule has 1 aromatic heterocycles. The van der Waals surface area contributed by atoms with Crippen molar-refractivity contribution in [3.05, 3.63) is 48.5 Å². The van der Waals surface area contributed by atoms with Gasteiger partial charge in [0.15, 0.2) is 17.6 Å². The van der Waals surface area contributed by atoms with Crippen LogP contribution in [0.3, 0.4) is 0 Å². The van der Waals surface area contributed by atoms with Crippen molar-refractivity contribution in [3.63, 3.8) is 0 Å². The highest BCUT2D eigenvalue weighted by Crippen LogP contribution is 2.35. The van der Waals surface area contributed by atoms with Crippen molar-refractivity contribution in [2.75, 3.05) is 0 Å². The maximum atomic E-state index is 13.3. The molecule has 1 unspecified atom stereocenters. The second-order valence-corrected chi connectivity index (χ2v) is 11.6. The van der Waals surface area contributed by atoms with Crippen LogP contribution in [0.1, 0.15) is 60.8 Å². The van der Waals surface area contributed by atoms with E-state index in [1.807, 2.05) is 45.0 Å². The van der Waals surface area contributed by atoms with Crippen molar-refractivity contribution in [3.8, 4) is 17.1 Å². The summed E-state index contributed by atoms with van der Waals surface area (Å²) in [5.74, 6) is 3.18. The van der Waals surface area contributed by atoms with Gasteiger partial charge < -0.3 is 33.5 Å². The molecule has 196 valence electrons. The molecule has 0 amide bonds. The third-order valence-electron chi connectivity index (χ3n) is 7.18. The van der Waals surface area contributed by atoms with E-state index in [-0.39, 0.29) is 48.2 Å². The number of imidazole rings is 1. The van der Waals surface area contributed by atoms with Crippen molar-refractivity contribution in [1.29, 1.82) is 0 Å². The number of rotatable bonds is 6. The average Bonchev–Trinajstić information content (AvgIpc) is 3.05. The second-order valence-electron chi connectivity index (χ2n) is 11.6. The quantitative estimate of drug-likeness (QED) is 0.247. The van der Waals surface area contributed by atoms with E-state index in [1.54, 1.807) is 0 Å². The minimum Gasteiger partial charge on any atom is -1.00 e. The van der Waals surface area contributed by atoms with Crippen molar-refractivity contribution in [1.82, 2.24) is 4.57 Å². The maximum Gasteiger partial charge on any atom is 0.348 e. The molecular formula is C30H41IN2O3. The normalized spacial score (nSPS) is 20.3. The van der Waals surface area contributed by atoms with Crippen LogP contribution in [0.2, 0.25) is 0 Å². The van der Waals surface area contributed by atoms with Gasteiger partial charge in [-0.15, -0.1) is 0 Å². The van der Waals surface area contributed by atoms with Gasteiger partial charge in [-0.2, -0.15) is 0 Å². The van der Waals surface area contributed by atoms with Crippen molar-refractivity contribution >= 4 is 17.0 Å². The Bertz CT molecular complexity index is 1180. The number of carbonyl (C=O) groups is 1. The van der Waals surface area contributed by atoms with E-state index in [2.05, 4.69) is 61.2 Å². The number of hydrogen-bond donors (Lipinski definition) is 0. The molecule has 3 aromatic rings. The minimum absolute atomic E-state index is 0. The molecule has 2 aromatic carbocycles. The Morgan fingerprint density at radius 2 is 1.75 bits per heavy atom. The van der Waals surface area contributed by atoms with E-state index in [0.29, 0.717) is 17.8 Å². The molecule has 0 N–H and O–H groups in total. The van der Waals surface area contributed by atoms with Gasteiger partial charge in [-0.05, 0) is 87.8 Å². The van der Waals surface area contributed by atoms with Crippen LogP contribution < -0.4 is 33.3 Å². The molecular weight excluding hydrogens is 563 g/mol. The zero-order chi connectivity index (χ0) is 25.3. The summed E-state index contributed by atoms with van der Waals surface area (Å²) in [5.41, 5.74) is 2.88. The van der Waals surface area contributed by atoms with E-state index in [9.17, 15) is 4.79 Å². The number of carbonyl (C=O) groups excluding carboxylic acids is 1. The van der Waals surface area contributed by atoms with E-state index >= 15 is 0 Å². The van der Waals surface area contributed by atoms with E-state index in [0.717, 1.165) is 41.0 Å². The summed E-state index contributed by atoms with van der Waals surface area (Å²) in [6, 6.07) is 16.3. The average molecular weight is 605 g/mol. The Hall–Kier alpha value is -2.09. The highest BCUT2D eigenvalue weighted by molar-refractivity contribution is 5.79. The van der Waals surface area contributed by atoms with E-state index in [4.69, 9.17) is 9.47 Å². The number of aryl methyl sites for hydroxylation is 1. The fourth-order valence-electron chi connectivity index (χ4n) is 5.51. The van der Waals surface area contributed by atoms with Crippen LogP contribution in [-0.4, -0.2) is 22.2 Å². The first-order valence-corrected chi connectivity index (χ1v) is 13.0. The molecule has 5 nitrogen and oxygen atoms in total. The molecule has 1 aliphatic carbocycles. The summed E-state index contributed by atoms with van der Waals surface area (Å²) in [6.07, 6.45) is 3.30. The van der Waals surface area contributed by atoms with Crippen LogP contribution in [0.15, 0.2) is 48.5 Å². The van der Waals surface area contributed by atoms with Gasteiger partial charge in [-0.25, -0.2) is 13.9 Å². The molecule has 1 aliphatic rings. The number of fused-ring (bicyclic) bond motifs is 1. The molecule has 1 fully saturated rings. The Morgan fingerprint density at radius 1 is 1.08 bits per heavy atom. The monoisotopic (exact) mass is 604 g/mol. The predicted molar refractivity (Wildman–Crippen MR) is 140 cm³/mol. The van der Waals surface area contributed by atoms with Crippen molar-refractivity contribution < 1.29 is 42.8 Å². The van der Waals surface area contributed by atoms with Gasteiger partial charge in [0, 0.05) is 0 Å². The van der Waals surface area contributed by atoms with Gasteiger partial charge >= 0.3 is 5.97 Å². The summed E-state index contributed by atoms with van der Waals surface area (Å²) >= 11 is 0. The van der Waals surface area contributed by atoms with Crippen LogP contribution in [0.5, 0.6) is 5.75 Å². The number of nitrogens with zero attached hydrogens (tertiary/aromatic N) is 2. The summed E-state index contributed by atoms with van der Waals surface area (Å²) < 4.78 is 16.4. The lowest BCUT2D eigenvalue weighted by molar-refractivity contribution is -0.634. The summed E-state index contributed by atoms with van der Waals surface area (Å²) in [6.45, 7) is 13.1. The Morgan fingerprint density at radius 3 is 2.39 bits per heavy atom. The number of para-hydroxylation sites is 2. The summed E-state index contributed by atoms with van der Waals surface area (Å²) in [7, 11) is 2.05. The van der Waals surface area contributed by atoms with Crippen LogP contribution in [-0.2, 0) is 23.1 Å². The van der Waals surface area contributed by atoms with Gasteiger partial charge in [0.25, 0.3) is 5.82 Å². The highest BCUT2D eigenvalue weighted by Gasteiger charge is 2.34. The first-order valence-electron chi connectivity index (χ1n) is 13.0. The molecule has 0 saturated heterocycles. The lowest BCUT2D eigenvalue weighted by atomic mass is 9.75. The highest BCUT2D eigenvalue weighted by atomic mass is 127. The molecule has 0 radical (unpaired) electrons. The van der Waals surface area contributed by atoms with Crippen LogP contribution in [0.4, 0.5) is 0 Å². The SMILES string of the molecule is CC(C)[C@@H]1CC[C@@H](C)CC1OC(=O)Cn1c(-c2ccc(OC(C)(C)C)cc2)[n+](C)c2ccccc21.[I-]. The molecule has 0 bridgehead atoms. The van der Waals surface area contributed by atoms with Gasteiger partial charge in [0.05, 0.1) is 12.6 Å². The Balaban J connectivity index is 0.00000361. The molecule has 1 saturated carbocycles. The number of halogens is 1. The van der Waals surface area contributed by atoms with Crippen LogP contribution >= 0.6 is 0 Å². The van der Waals surface area contributed by atoms with Crippen molar-refractivity contribution in [2.45, 2.75) is 79.1 Å². The molecule has 3 atom stereocenters. The fraction of sp³-hybridized carbons (Fsp3) is 0.533. The molecule has 4 rings (SSSR count). The molecule has 36 heavy (non-hydrogen) atoms. The Labute approximate surface area is 233 Å². The van der Waals surface area contributed by atoms with Gasteiger partial charge in [-0.3, -0.25) is 0 Å². The molecule has 6 heteroatoms. The van der Waals surface area contributed by atoms with E-state index < -0.39 is 0 Å². The summed E-state index contributed by atoms with van der Waals surface area (Å²) in [4.78, 5) is 13.3. The number of hydrogen-bond acceptors (Lipinski definition) is 3. The van der Waals surface area contributed by atoms with Gasteiger partial charge in [0.2, 0.25) is 0 Å². The first-order chi connectivity index (χ1) is 16.5. The second kappa shape index (κ2) is 11.5. The van der Waals surface area contributed by atoms with Crippen LogP contribution in [0, 0.1) is 17.8 Å². The smallest absolute Gasteiger partial charge is 0.348 e. The number of ether oxygens (including phenoxy) is 2. The maximum absolute atomic E-state index is 13.3. The topological polar surface area (TPSA) is 44.3 Å². The number of aromatic nitrogens is 2. The molecule has 0 aliphatic heterocycles. The third-order valence-corrected chi connectivity index (χ3v) is 7.18. The summed E-state index contributed by atoms with van der Waals surface area (Å²) in [5, 5.41) is 0. The molecule has 0 spiro atoms. The lowest BCUT2D eigenvalue weighted by Gasteiger charge is -2.36. The fourth-order valence-corrected chi connectivity index (χ4v) is 5.51. The standard InChI is InChI=1S/C30H41N2O3.HI/c1-20(2)24-17-12-21(3)18-27(24)34-28(33)19-32-26-11-9-8-10-25(26)31(7)29(32)22-13-15-23(16-14-22)35-30(4,5)6;/h8-11,13-16,20-21,24,27H,12,17-19H2,1-7H3;1H/q+1;/p-1/t21-,24+,27?;/m1./s1. The minimum atomic E-state index is -0.255. The first kappa shape index (κ1) is 28.5. The van der Waals surface area contributed by atoms with Gasteiger partial charge in [-0.1, -0.05) is 39.3 Å². The zero-order valence-electron chi connectivity index (χ0n) is 22.8. The van der Waals surface area contributed by atoms with Crippen molar-refractivity contribution in [2.24, 2.45) is 24.8 Å². The third kappa shape index (κ3) is 6.42. The molecule has 1 heterocycles. The lowest BCUT2D eigenvalue weighted by Crippen LogP contribution is -3.00. The predicted octanol–water partition coefficient (Wildman–Crippen LogP) is 3.32. The number of esters is 1. The van der Waals surface area contributed by atoms with Gasteiger partial charge in [0.1, 0.15) is 17.5 Å². The number of benzene rings is 2. The van der Waals surface area contributed by atoms with E-state index in [1.165, 1.54) is 6.42 Å². The Kier molecular flexibility index (Phi) is 9.12. The largest absolute Gasteiger partial charge is 1.00 e.